The van der Waals surface area contributed by atoms with Crippen molar-refractivity contribution < 1.29 is 24.2 Å². The summed E-state index contributed by atoms with van der Waals surface area (Å²) in [5.74, 6) is -2.46. The second kappa shape index (κ2) is 7.33. The van der Waals surface area contributed by atoms with Gasteiger partial charge in [-0.2, -0.15) is 0 Å². The maximum Gasteiger partial charge on any atom is 0.326 e. The molecule has 0 aromatic carbocycles. The van der Waals surface area contributed by atoms with Gasteiger partial charge in [-0.1, -0.05) is 23.2 Å². The van der Waals surface area contributed by atoms with Crippen LogP contribution >= 0.6 is 23.2 Å². The molecule has 0 aliphatic rings. The summed E-state index contributed by atoms with van der Waals surface area (Å²) >= 11 is 11.6. The van der Waals surface area contributed by atoms with Gasteiger partial charge in [0.05, 0.1) is 12.1 Å². The summed E-state index contributed by atoms with van der Waals surface area (Å²) in [5.41, 5.74) is 0.120. The molecular weight excluding hydrogens is 323 g/mol. The number of carbonyl (C=O) groups excluding carboxylic acids is 2. The Balaban J connectivity index is 2.79. The lowest BCUT2D eigenvalue weighted by Crippen LogP contribution is -2.41. The first kappa shape index (κ1) is 17.3. The normalized spacial score (nSPS) is 11.8. The van der Waals surface area contributed by atoms with Crippen molar-refractivity contribution >= 4 is 41.0 Å². The first-order chi connectivity index (χ1) is 9.77. The second-order valence-electron chi connectivity index (χ2n) is 4.21. The van der Waals surface area contributed by atoms with E-state index in [1.807, 2.05) is 0 Å². The van der Waals surface area contributed by atoms with Crippen LogP contribution in [0.2, 0.25) is 10.2 Å². The highest BCUT2D eigenvalue weighted by atomic mass is 35.5. The van der Waals surface area contributed by atoms with Crippen LogP contribution < -0.4 is 5.32 Å². The molecule has 0 saturated heterocycles. The molecule has 0 saturated carbocycles. The van der Waals surface area contributed by atoms with Gasteiger partial charge in [-0.15, -0.1) is 0 Å². The SMILES string of the molecule is COC(=O)CC[C@@H](NC(=O)c1cc(Cl)c(Cl)n1C)C(=O)O. The molecule has 1 amide bonds. The summed E-state index contributed by atoms with van der Waals surface area (Å²) in [5, 5.41) is 11.7. The number of esters is 1. The van der Waals surface area contributed by atoms with E-state index in [2.05, 4.69) is 10.1 Å². The molecule has 0 bridgehead atoms. The molecular formula is C12H14Cl2N2O5. The average Bonchev–Trinajstić information content (AvgIpc) is 2.70. The van der Waals surface area contributed by atoms with Crippen molar-refractivity contribution in [1.82, 2.24) is 9.88 Å². The number of aliphatic carboxylic acids is 1. The lowest BCUT2D eigenvalue weighted by atomic mass is 10.1. The molecule has 0 aliphatic heterocycles. The van der Waals surface area contributed by atoms with Crippen LogP contribution in [-0.4, -0.2) is 40.7 Å². The number of carboxylic acids is 1. The lowest BCUT2D eigenvalue weighted by molar-refractivity contribution is -0.142. The Labute approximate surface area is 130 Å². The third-order valence-electron chi connectivity index (χ3n) is 2.82. The zero-order valence-corrected chi connectivity index (χ0v) is 12.9. The van der Waals surface area contributed by atoms with Gasteiger partial charge in [-0.05, 0) is 12.5 Å². The number of nitrogens with one attached hydrogen (secondary N) is 1. The number of rotatable bonds is 6. The maximum atomic E-state index is 12.0. The van der Waals surface area contributed by atoms with E-state index in [4.69, 9.17) is 28.3 Å². The fraction of sp³-hybridized carbons (Fsp3) is 0.417. The van der Waals surface area contributed by atoms with Gasteiger partial charge in [0.2, 0.25) is 0 Å². The van der Waals surface area contributed by atoms with E-state index in [1.54, 1.807) is 0 Å². The Morgan fingerprint density at radius 1 is 1.43 bits per heavy atom. The molecule has 1 aromatic rings. The highest BCUT2D eigenvalue weighted by Crippen LogP contribution is 2.25. The van der Waals surface area contributed by atoms with Crippen molar-refractivity contribution in [2.24, 2.45) is 7.05 Å². The van der Waals surface area contributed by atoms with Crippen LogP contribution in [0.4, 0.5) is 0 Å². The van der Waals surface area contributed by atoms with E-state index in [-0.39, 0.29) is 28.7 Å². The van der Waals surface area contributed by atoms with Crippen LogP contribution in [0.3, 0.4) is 0 Å². The summed E-state index contributed by atoms with van der Waals surface area (Å²) in [7, 11) is 2.72. The van der Waals surface area contributed by atoms with Crippen LogP contribution in [0.15, 0.2) is 6.07 Å². The minimum atomic E-state index is -1.25. The van der Waals surface area contributed by atoms with E-state index in [0.717, 1.165) is 0 Å². The first-order valence-corrected chi connectivity index (χ1v) is 6.64. The average molecular weight is 337 g/mol. The Morgan fingerprint density at radius 2 is 2.05 bits per heavy atom. The number of amides is 1. The van der Waals surface area contributed by atoms with Crippen molar-refractivity contribution in [1.29, 1.82) is 0 Å². The van der Waals surface area contributed by atoms with Gasteiger partial charge in [0.15, 0.2) is 0 Å². The number of aromatic nitrogens is 1. The number of methoxy groups -OCH3 is 1. The largest absolute Gasteiger partial charge is 0.480 e. The van der Waals surface area contributed by atoms with Gasteiger partial charge < -0.3 is 19.7 Å². The van der Waals surface area contributed by atoms with Gasteiger partial charge >= 0.3 is 11.9 Å². The van der Waals surface area contributed by atoms with Crippen LogP contribution in [0, 0.1) is 0 Å². The molecule has 0 spiro atoms. The molecule has 0 fully saturated rings. The van der Waals surface area contributed by atoms with Crippen molar-refractivity contribution in [3.63, 3.8) is 0 Å². The van der Waals surface area contributed by atoms with Gasteiger partial charge in [0, 0.05) is 13.5 Å². The fourth-order valence-corrected chi connectivity index (χ4v) is 1.99. The molecule has 116 valence electrons. The highest BCUT2D eigenvalue weighted by Gasteiger charge is 2.24. The molecule has 0 aliphatic carbocycles. The smallest absolute Gasteiger partial charge is 0.326 e. The third-order valence-corrected chi connectivity index (χ3v) is 3.66. The highest BCUT2D eigenvalue weighted by molar-refractivity contribution is 6.41. The second-order valence-corrected chi connectivity index (χ2v) is 4.97. The molecule has 1 rings (SSSR count). The molecule has 7 nitrogen and oxygen atoms in total. The Kier molecular flexibility index (Phi) is 6.04. The van der Waals surface area contributed by atoms with Crippen molar-refractivity contribution in [2.45, 2.75) is 18.9 Å². The molecule has 0 unspecified atom stereocenters. The number of hydrogen-bond donors (Lipinski definition) is 2. The van der Waals surface area contributed by atoms with Gasteiger partial charge in [0.25, 0.3) is 5.91 Å². The number of ether oxygens (including phenoxy) is 1. The number of hydrogen-bond acceptors (Lipinski definition) is 4. The fourth-order valence-electron chi connectivity index (χ4n) is 1.61. The van der Waals surface area contributed by atoms with Gasteiger partial charge in [-0.3, -0.25) is 9.59 Å². The minimum Gasteiger partial charge on any atom is -0.480 e. The Bertz CT molecular complexity index is 570. The van der Waals surface area contributed by atoms with E-state index >= 15 is 0 Å². The molecule has 21 heavy (non-hydrogen) atoms. The standard InChI is InChI=1S/C12H14Cl2N2O5/c1-16-8(5-6(13)10(16)14)11(18)15-7(12(19)20)3-4-9(17)21-2/h5,7H,3-4H2,1-2H3,(H,15,18)(H,19,20)/t7-/m1/s1. The monoisotopic (exact) mass is 336 g/mol. The first-order valence-electron chi connectivity index (χ1n) is 5.89. The topological polar surface area (TPSA) is 97.6 Å². The van der Waals surface area contributed by atoms with Gasteiger partial charge in [0.1, 0.15) is 16.9 Å². The van der Waals surface area contributed by atoms with E-state index in [0.29, 0.717) is 0 Å². The minimum absolute atomic E-state index is 0.0837. The van der Waals surface area contributed by atoms with Crippen molar-refractivity contribution in [3.8, 4) is 0 Å². The van der Waals surface area contributed by atoms with E-state index < -0.39 is 23.9 Å². The third kappa shape index (κ3) is 4.37. The predicted octanol–water partition coefficient (Wildman–Crippen LogP) is 1.47. The maximum absolute atomic E-state index is 12.0. The van der Waals surface area contributed by atoms with Crippen LogP contribution in [-0.2, 0) is 21.4 Å². The molecule has 2 N–H and O–H groups in total. The zero-order chi connectivity index (χ0) is 16.2. The summed E-state index contributed by atoms with van der Waals surface area (Å²) in [6.45, 7) is 0. The summed E-state index contributed by atoms with van der Waals surface area (Å²) < 4.78 is 5.76. The number of carbonyl (C=O) groups is 3. The quantitative estimate of drug-likeness (QED) is 0.766. The zero-order valence-electron chi connectivity index (χ0n) is 11.4. The van der Waals surface area contributed by atoms with E-state index in [9.17, 15) is 14.4 Å². The molecule has 1 aromatic heterocycles. The lowest BCUT2D eigenvalue weighted by Gasteiger charge is -2.14. The molecule has 1 atom stereocenters. The van der Waals surface area contributed by atoms with Crippen LogP contribution in [0.1, 0.15) is 23.3 Å². The van der Waals surface area contributed by atoms with Crippen LogP contribution in [0.5, 0.6) is 0 Å². The predicted molar refractivity (Wildman–Crippen MR) is 75.6 cm³/mol. The van der Waals surface area contributed by atoms with E-state index in [1.165, 1.54) is 24.8 Å². The van der Waals surface area contributed by atoms with Gasteiger partial charge in [-0.25, -0.2) is 4.79 Å². The molecule has 9 heteroatoms. The number of halogens is 2. The summed E-state index contributed by atoms with van der Waals surface area (Å²) in [4.78, 5) is 34.2. The summed E-state index contributed by atoms with van der Waals surface area (Å²) in [6.07, 6.45) is -0.206. The van der Waals surface area contributed by atoms with Crippen LogP contribution in [0.25, 0.3) is 0 Å². The Morgan fingerprint density at radius 3 is 2.48 bits per heavy atom. The number of nitrogens with zero attached hydrogens (tertiary/aromatic N) is 1. The Hall–Kier alpha value is -1.73. The molecule has 1 heterocycles. The molecule has 0 radical (unpaired) electrons. The van der Waals surface area contributed by atoms with Crippen molar-refractivity contribution in [2.75, 3.05) is 7.11 Å². The van der Waals surface area contributed by atoms with Crippen molar-refractivity contribution in [3.05, 3.63) is 21.9 Å². The summed E-state index contributed by atoms with van der Waals surface area (Å²) in [6, 6.07) is 0.113. The number of carboxylic acid groups (broad SMARTS) is 1.